The largest absolute Gasteiger partial charge is 0.480 e. The van der Waals surface area contributed by atoms with Crippen LogP contribution >= 0.6 is 15.9 Å². The van der Waals surface area contributed by atoms with E-state index in [-0.39, 0.29) is 5.54 Å². The fourth-order valence-corrected chi connectivity index (χ4v) is 2.28. The lowest BCUT2D eigenvalue weighted by Crippen LogP contribution is -2.22. The summed E-state index contributed by atoms with van der Waals surface area (Å²) < 4.78 is 6.25. The minimum Gasteiger partial charge on any atom is -0.480 e. The molecule has 1 fully saturated rings. The zero-order valence-electron chi connectivity index (χ0n) is 9.40. The lowest BCUT2D eigenvalue weighted by molar-refractivity contribution is 0.398. The molecule has 1 aliphatic carbocycles. The van der Waals surface area contributed by atoms with Crippen LogP contribution in [0.3, 0.4) is 0 Å². The van der Waals surface area contributed by atoms with Crippen molar-refractivity contribution in [2.24, 2.45) is 5.73 Å². The van der Waals surface area contributed by atoms with Crippen molar-refractivity contribution in [3.8, 4) is 5.88 Å². The third kappa shape index (κ3) is 1.70. The highest BCUT2D eigenvalue weighted by Gasteiger charge is 2.43. The van der Waals surface area contributed by atoms with Crippen LogP contribution in [0.1, 0.15) is 18.7 Å². The van der Waals surface area contributed by atoms with Gasteiger partial charge in [-0.15, -0.1) is 0 Å². The van der Waals surface area contributed by atoms with Crippen molar-refractivity contribution >= 4 is 26.8 Å². The Bertz CT molecular complexity index is 596. The average molecular weight is 294 g/mol. The number of nitrogens with two attached hydrogens (primary N) is 1. The quantitative estimate of drug-likeness (QED) is 0.923. The van der Waals surface area contributed by atoms with E-state index in [0.717, 1.165) is 28.2 Å². The number of methoxy groups -OCH3 is 1. The molecule has 0 unspecified atom stereocenters. The number of hydrogen-bond acceptors (Lipinski definition) is 4. The van der Waals surface area contributed by atoms with Crippen LogP contribution < -0.4 is 10.5 Å². The van der Waals surface area contributed by atoms with Gasteiger partial charge in [-0.3, -0.25) is 0 Å². The number of benzene rings is 1. The van der Waals surface area contributed by atoms with Gasteiger partial charge in [0.05, 0.1) is 23.6 Å². The summed E-state index contributed by atoms with van der Waals surface area (Å²) in [5.41, 5.74) is 6.64. The Labute approximate surface area is 107 Å². The van der Waals surface area contributed by atoms with Gasteiger partial charge in [0.25, 0.3) is 0 Å². The highest BCUT2D eigenvalue weighted by molar-refractivity contribution is 9.10. The van der Waals surface area contributed by atoms with E-state index in [9.17, 15) is 0 Å². The van der Waals surface area contributed by atoms with E-state index in [1.165, 1.54) is 0 Å². The molecule has 4 nitrogen and oxygen atoms in total. The second-order valence-electron chi connectivity index (χ2n) is 4.35. The maximum absolute atomic E-state index is 6.14. The van der Waals surface area contributed by atoms with Gasteiger partial charge in [-0.25, -0.2) is 4.98 Å². The molecule has 1 heterocycles. The van der Waals surface area contributed by atoms with Crippen molar-refractivity contribution < 1.29 is 4.74 Å². The number of ether oxygens (including phenoxy) is 1. The summed E-state index contributed by atoms with van der Waals surface area (Å²) >= 11 is 3.49. The monoisotopic (exact) mass is 293 g/mol. The Balaban J connectivity index is 2.31. The first-order valence-corrected chi connectivity index (χ1v) is 6.23. The highest BCUT2D eigenvalue weighted by Crippen LogP contribution is 2.42. The summed E-state index contributed by atoms with van der Waals surface area (Å²) in [6.07, 6.45) is 1.87. The van der Waals surface area contributed by atoms with Gasteiger partial charge in [-0.1, -0.05) is 6.07 Å². The molecule has 17 heavy (non-hydrogen) atoms. The van der Waals surface area contributed by atoms with Gasteiger partial charge in [-0.2, -0.15) is 4.98 Å². The van der Waals surface area contributed by atoms with Crippen molar-refractivity contribution in [1.82, 2.24) is 9.97 Å². The lowest BCUT2D eigenvalue weighted by atomic mass is 10.2. The Morgan fingerprint density at radius 1 is 1.35 bits per heavy atom. The van der Waals surface area contributed by atoms with Crippen molar-refractivity contribution in [3.63, 3.8) is 0 Å². The molecule has 1 aromatic heterocycles. The SMILES string of the molecule is COc1nc(C2(N)CC2)nc2c(Br)cccc12. The van der Waals surface area contributed by atoms with Crippen LogP contribution in [0.4, 0.5) is 0 Å². The van der Waals surface area contributed by atoms with Gasteiger partial charge in [0.15, 0.2) is 5.82 Å². The maximum Gasteiger partial charge on any atom is 0.224 e. The minimum absolute atomic E-state index is 0.350. The molecule has 1 saturated carbocycles. The first kappa shape index (κ1) is 10.9. The lowest BCUT2D eigenvalue weighted by Gasteiger charge is -2.11. The van der Waals surface area contributed by atoms with E-state index in [2.05, 4.69) is 25.9 Å². The van der Waals surface area contributed by atoms with E-state index >= 15 is 0 Å². The zero-order chi connectivity index (χ0) is 12.0. The van der Waals surface area contributed by atoms with Crippen LogP contribution in [0.25, 0.3) is 10.9 Å². The van der Waals surface area contributed by atoms with E-state index in [4.69, 9.17) is 10.5 Å². The Kier molecular flexibility index (Phi) is 2.34. The number of para-hydroxylation sites is 1. The summed E-state index contributed by atoms with van der Waals surface area (Å²) in [7, 11) is 1.61. The van der Waals surface area contributed by atoms with Gasteiger partial charge in [-0.05, 0) is 40.9 Å². The van der Waals surface area contributed by atoms with E-state index < -0.39 is 0 Å². The highest BCUT2D eigenvalue weighted by atomic mass is 79.9. The third-order valence-corrected chi connectivity index (χ3v) is 3.71. The molecule has 0 bridgehead atoms. The standard InChI is InChI=1S/C12H12BrN3O/c1-17-10-7-3-2-4-8(13)9(7)15-11(16-10)12(14)5-6-12/h2-4H,5-6,14H2,1H3. The van der Waals surface area contributed by atoms with Gasteiger partial charge < -0.3 is 10.5 Å². The Morgan fingerprint density at radius 2 is 2.12 bits per heavy atom. The predicted molar refractivity (Wildman–Crippen MR) is 68.9 cm³/mol. The number of hydrogen-bond donors (Lipinski definition) is 1. The second kappa shape index (κ2) is 3.65. The molecule has 0 radical (unpaired) electrons. The van der Waals surface area contributed by atoms with Crippen LogP contribution in [0.2, 0.25) is 0 Å². The summed E-state index contributed by atoms with van der Waals surface area (Å²) in [6.45, 7) is 0. The van der Waals surface area contributed by atoms with Crippen molar-refractivity contribution in [1.29, 1.82) is 0 Å². The zero-order valence-corrected chi connectivity index (χ0v) is 11.0. The fraction of sp³-hybridized carbons (Fsp3) is 0.333. The molecule has 0 spiro atoms. The number of aromatic nitrogens is 2. The number of rotatable bonds is 2. The molecule has 0 amide bonds. The molecular weight excluding hydrogens is 282 g/mol. The van der Waals surface area contributed by atoms with Gasteiger partial charge in [0.1, 0.15) is 0 Å². The molecule has 0 atom stereocenters. The van der Waals surface area contributed by atoms with Crippen molar-refractivity contribution in [2.45, 2.75) is 18.4 Å². The molecular formula is C12H12BrN3O. The van der Waals surface area contributed by atoms with Crippen LogP contribution in [-0.2, 0) is 5.54 Å². The van der Waals surface area contributed by atoms with E-state index in [1.807, 2.05) is 18.2 Å². The summed E-state index contributed by atoms with van der Waals surface area (Å²) in [5.74, 6) is 1.26. The maximum atomic E-state index is 6.14. The van der Waals surface area contributed by atoms with Crippen LogP contribution in [0.5, 0.6) is 5.88 Å². The molecule has 5 heteroatoms. The van der Waals surface area contributed by atoms with Crippen LogP contribution in [0.15, 0.2) is 22.7 Å². The van der Waals surface area contributed by atoms with Gasteiger partial charge in [0, 0.05) is 4.47 Å². The fourth-order valence-electron chi connectivity index (χ4n) is 1.83. The molecule has 1 aliphatic rings. The average Bonchev–Trinajstić information content (AvgIpc) is 3.08. The van der Waals surface area contributed by atoms with Gasteiger partial charge in [0.2, 0.25) is 5.88 Å². The summed E-state index contributed by atoms with van der Waals surface area (Å²) in [4.78, 5) is 8.97. The molecule has 0 aliphatic heterocycles. The molecule has 0 saturated heterocycles. The van der Waals surface area contributed by atoms with Crippen LogP contribution in [0, 0.1) is 0 Å². The number of nitrogens with zero attached hydrogens (tertiary/aromatic N) is 2. The molecule has 88 valence electrons. The number of halogens is 1. The first-order chi connectivity index (χ1) is 8.14. The van der Waals surface area contributed by atoms with Crippen molar-refractivity contribution in [2.75, 3.05) is 7.11 Å². The first-order valence-electron chi connectivity index (χ1n) is 5.44. The second-order valence-corrected chi connectivity index (χ2v) is 5.20. The Hall–Kier alpha value is -1.20. The summed E-state index contributed by atoms with van der Waals surface area (Å²) in [5, 5.41) is 0.898. The van der Waals surface area contributed by atoms with Gasteiger partial charge >= 0.3 is 0 Å². The van der Waals surface area contributed by atoms with E-state index in [0.29, 0.717) is 11.7 Å². The topological polar surface area (TPSA) is 61.0 Å². The molecule has 1 aromatic carbocycles. The summed E-state index contributed by atoms with van der Waals surface area (Å²) in [6, 6.07) is 5.83. The smallest absolute Gasteiger partial charge is 0.224 e. The molecule has 2 aromatic rings. The molecule has 2 N–H and O–H groups in total. The third-order valence-electron chi connectivity index (χ3n) is 3.07. The predicted octanol–water partition coefficient (Wildman–Crippen LogP) is 2.35. The van der Waals surface area contributed by atoms with Crippen molar-refractivity contribution in [3.05, 3.63) is 28.5 Å². The molecule has 3 rings (SSSR count). The normalized spacial score (nSPS) is 17.1. The Morgan fingerprint density at radius 3 is 2.76 bits per heavy atom. The number of fused-ring (bicyclic) bond motifs is 1. The minimum atomic E-state index is -0.350. The van der Waals surface area contributed by atoms with E-state index in [1.54, 1.807) is 7.11 Å². The van der Waals surface area contributed by atoms with Crippen LogP contribution in [-0.4, -0.2) is 17.1 Å².